The molecule has 1 saturated carbocycles. The topological polar surface area (TPSA) is 58.4 Å². The number of carbonyl (C=O) groups is 1. The van der Waals surface area contributed by atoms with Crippen LogP contribution in [0.15, 0.2) is 0 Å². The van der Waals surface area contributed by atoms with Crippen molar-refractivity contribution in [2.24, 2.45) is 5.73 Å². The lowest BCUT2D eigenvalue weighted by Crippen LogP contribution is -2.47. The van der Waals surface area contributed by atoms with Gasteiger partial charge in [0.1, 0.15) is 0 Å². The quantitative estimate of drug-likeness (QED) is 0.758. The van der Waals surface area contributed by atoms with Gasteiger partial charge in [-0.15, -0.1) is 0 Å². The lowest BCUT2D eigenvalue weighted by atomic mass is 9.89. The van der Waals surface area contributed by atoms with Crippen molar-refractivity contribution in [2.75, 3.05) is 13.1 Å². The lowest BCUT2D eigenvalue weighted by molar-refractivity contribution is -0.119. The summed E-state index contributed by atoms with van der Waals surface area (Å²) in [4.78, 5) is 13.5. The van der Waals surface area contributed by atoms with Gasteiger partial charge in [-0.2, -0.15) is 0 Å². The summed E-state index contributed by atoms with van der Waals surface area (Å²) in [7, 11) is 0. The van der Waals surface area contributed by atoms with E-state index in [0.717, 1.165) is 25.9 Å². The summed E-state index contributed by atoms with van der Waals surface area (Å²) < 4.78 is 0. The summed E-state index contributed by atoms with van der Waals surface area (Å²) in [5.41, 5.74) is 5.67. The van der Waals surface area contributed by atoms with Crippen LogP contribution in [0, 0.1) is 0 Å². The number of nitrogens with one attached hydrogen (secondary N) is 1. The number of nitrogens with zero attached hydrogens (tertiary/aromatic N) is 1. The molecule has 1 fully saturated rings. The van der Waals surface area contributed by atoms with Gasteiger partial charge in [-0.1, -0.05) is 0 Å². The molecule has 1 amide bonds. The van der Waals surface area contributed by atoms with E-state index in [-0.39, 0.29) is 5.91 Å². The Balaban J connectivity index is 2.41. The zero-order chi connectivity index (χ0) is 12.8. The molecule has 0 bridgehead atoms. The number of nitrogens with two attached hydrogens (primary N) is 1. The van der Waals surface area contributed by atoms with Gasteiger partial charge in [-0.3, -0.25) is 9.69 Å². The van der Waals surface area contributed by atoms with Crippen molar-refractivity contribution in [2.45, 2.75) is 64.6 Å². The molecule has 1 rings (SSSR count). The second-order valence-electron chi connectivity index (χ2n) is 5.33. The first kappa shape index (κ1) is 14.5. The van der Waals surface area contributed by atoms with Crippen LogP contribution in [-0.2, 0) is 4.79 Å². The van der Waals surface area contributed by atoms with Crippen LogP contribution >= 0.6 is 0 Å². The molecule has 17 heavy (non-hydrogen) atoms. The van der Waals surface area contributed by atoms with Crippen LogP contribution in [0.25, 0.3) is 0 Å². The van der Waals surface area contributed by atoms with Crippen LogP contribution in [-0.4, -0.2) is 42.0 Å². The van der Waals surface area contributed by atoms with Crippen molar-refractivity contribution in [3.8, 4) is 0 Å². The van der Waals surface area contributed by atoms with Gasteiger partial charge in [0.25, 0.3) is 0 Å². The Morgan fingerprint density at radius 3 is 2.35 bits per heavy atom. The van der Waals surface area contributed by atoms with Crippen LogP contribution in [0.2, 0.25) is 0 Å². The normalized spacial score (nSPS) is 25.3. The highest BCUT2D eigenvalue weighted by Gasteiger charge is 2.26. The van der Waals surface area contributed by atoms with Gasteiger partial charge in [0, 0.05) is 38.1 Å². The molecule has 3 N–H and O–H groups in total. The monoisotopic (exact) mass is 241 g/mol. The Bertz CT molecular complexity index is 235. The van der Waals surface area contributed by atoms with E-state index < -0.39 is 0 Å². The van der Waals surface area contributed by atoms with E-state index in [1.165, 1.54) is 12.8 Å². The number of hydrogen-bond donors (Lipinski definition) is 2. The summed E-state index contributed by atoms with van der Waals surface area (Å²) in [6.45, 7) is 7.77. The molecule has 4 nitrogen and oxygen atoms in total. The fourth-order valence-electron chi connectivity index (χ4n) is 2.85. The highest BCUT2D eigenvalue weighted by molar-refractivity contribution is 5.73. The Morgan fingerprint density at radius 1 is 1.35 bits per heavy atom. The van der Waals surface area contributed by atoms with Crippen LogP contribution in [0.1, 0.15) is 46.5 Å². The molecule has 1 aliphatic carbocycles. The molecule has 0 radical (unpaired) electrons. The molecule has 0 heterocycles. The van der Waals surface area contributed by atoms with Gasteiger partial charge in [-0.05, 0) is 39.5 Å². The van der Waals surface area contributed by atoms with Crippen molar-refractivity contribution in [1.82, 2.24) is 10.2 Å². The van der Waals surface area contributed by atoms with Gasteiger partial charge < -0.3 is 11.1 Å². The van der Waals surface area contributed by atoms with E-state index in [2.05, 4.69) is 24.1 Å². The molecule has 0 aromatic heterocycles. The highest BCUT2D eigenvalue weighted by Crippen LogP contribution is 2.24. The summed E-state index contributed by atoms with van der Waals surface area (Å²) in [5, 5.41) is 3.02. The lowest BCUT2D eigenvalue weighted by Gasteiger charge is -2.39. The second kappa shape index (κ2) is 6.97. The molecule has 0 aromatic rings. The molecule has 100 valence electrons. The number of amides is 1. The summed E-state index contributed by atoms with van der Waals surface area (Å²) >= 11 is 0. The van der Waals surface area contributed by atoms with Crippen LogP contribution in [0.5, 0.6) is 0 Å². The van der Waals surface area contributed by atoms with Crippen molar-refractivity contribution in [3.05, 3.63) is 0 Å². The molecular formula is C13H27N3O. The van der Waals surface area contributed by atoms with Crippen LogP contribution in [0.4, 0.5) is 0 Å². The Hall–Kier alpha value is -0.610. The van der Waals surface area contributed by atoms with Gasteiger partial charge >= 0.3 is 0 Å². The highest BCUT2D eigenvalue weighted by atomic mass is 16.1. The van der Waals surface area contributed by atoms with Crippen molar-refractivity contribution in [3.63, 3.8) is 0 Å². The minimum absolute atomic E-state index is 0.0936. The average molecular weight is 241 g/mol. The van der Waals surface area contributed by atoms with E-state index >= 15 is 0 Å². The molecule has 0 spiro atoms. The molecule has 0 atom stereocenters. The van der Waals surface area contributed by atoms with Crippen LogP contribution in [0.3, 0.4) is 0 Å². The minimum atomic E-state index is 0.0936. The van der Waals surface area contributed by atoms with Crippen molar-refractivity contribution < 1.29 is 4.79 Å². The maximum atomic E-state index is 11.0. The predicted molar refractivity (Wildman–Crippen MR) is 70.8 cm³/mol. The first-order valence-corrected chi connectivity index (χ1v) is 6.77. The molecule has 0 aliphatic heterocycles. The van der Waals surface area contributed by atoms with Gasteiger partial charge in [0.2, 0.25) is 5.91 Å². The fourth-order valence-corrected chi connectivity index (χ4v) is 2.85. The summed E-state index contributed by atoms with van der Waals surface area (Å²) in [6.07, 6.45) is 4.53. The molecule has 1 aliphatic rings. The number of carbonyl (C=O) groups excluding carboxylic acids is 1. The summed E-state index contributed by atoms with van der Waals surface area (Å²) in [6, 6.07) is 1.58. The van der Waals surface area contributed by atoms with E-state index in [9.17, 15) is 4.79 Å². The van der Waals surface area contributed by atoms with E-state index in [1.807, 2.05) is 0 Å². The standard InChI is InChI=1S/C13H27N3O/c1-10(2)16(9-8-14)13-6-4-12(5-7-13)15-11(3)17/h10,12-13H,4-9,14H2,1-3H3,(H,15,17). The van der Waals surface area contributed by atoms with Gasteiger partial charge in [0.15, 0.2) is 0 Å². The fraction of sp³-hybridized carbons (Fsp3) is 0.923. The number of hydrogen-bond acceptors (Lipinski definition) is 3. The summed E-state index contributed by atoms with van der Waals surface area (Å²) in [5.74, 6) is 0.0936. The molecular weight excluding hydrogens is 214 g/mol. The largest absolute Gasteiger partial charge is 0.354 e. The number of rotatable bonds is 5. The second-order valence-corrected chi connectivity index (χ2v) is 5.33. The third-order valence-electron chi connectivity index (χ3n) is 3.62. The minimum Gasteiger partial charge on any atom is -0.354 e. The smallest absolute Gasteiger partial charge is 0.217 e. The zero-order valence-electron chi connectivity index (χ0n) is 11.4. The predicted octanol–water partition coefficient (Wildman–Crippen LogP) is 1.10. The zero-order valence-corrected chi connectivity index (χ0v) is 11.4. The van der Waals surface area contributed by atoms with E-state index in [1.54, 1.807) is 6.92 Å². The maximum Gasteiger partial charge on any atom is 0.217 e. The molecule has 4 heteroatoms. The Labute approximate surface area is 105 Å². The third kappa shape index (κ3) is 4.64. The van der Waals surface area contributed by atoms with Crippen LogP contribution < -0.4 is 11.1 Å². The first-order chi connectivity index (χ1) is 8.04. The van der Waals surface area contributed by atoms with E-state index in [4.69, 9.17) is 5.73 Å². The first-order valence-electron chi connectivity index (χ1n) is 6.77. The third-order valence-corrected chi connectivity index (χ3v) is 3.62. The maximum absolute atomic E-state index is 11.0. The van der Waals surface area contributed by atoms with Gasteiger partial charge in [-0.25, -0.2) is 0 Å². The Morgan fingerprint density at radius 2 is 1.94 bits per heavy atom. The molecule has 0 unspecified atom stereocenters. The van der Waals surface area contributed by atoms with Gasteiger partial charge in [0.05, 0.1) is 0 Å². The average Bonchev–Trinajstić information content (AvgIpc) is 2.26. The molecule has 0 aromatic carbocycles. The Kier molecular flexibility index (Phi) is 5.92. The molecule has 0 saturated heterocycles. The van der Waals surface area contributed by atoms with Crippen molar-refractivity contribution in [1.29, 1.82) is 0 Å². The SMILES string of the molecule is CC(=O)NC1CCC(N(CCN)C(C)C)CC1. The van der Waals surface area contributed by atoms with Crippen molar-refractivity contribution >= 4 is 5.91 Å². The van der Waals surface area contributed by atoms with E-state index in [0.29, 0.717) is 18.1 Å².